The van der Waals surface area contributed by atoms with E-state index in [1.54, 1.807) is 0 Å². The molecule has 2 N–H and O–H groups in total. The summed E-state index contributed by atoms with van der Waals surface area (Å²) in [6, 6.07) is 28.6. The van der Waals surface area contributed by atoms with Crippen molar-refractivity contribution >= 4 is 5.91 Å². The fraction of sp³-hybridized carbons (Fsp3) is 0.345. The van der Waals surface area contributed by atoms with Gasteiger partial charge >= 0.3 is 0 Å². The maximum atomic E-state index is 12.0. The van der Waals surface area contributed by atoms with Crippen LogP contribution in [0.4, 0.5) is 0 Å². The molecule has 1 saturated heterocycles. The average molecular weight is 492 g/mol. The number of nitrogens with one attached hydrogen (secondary N) is 1. The summed E-state index contributed by atoms with van der Waals surface area (Å²) < 4.78 is 24.6. The summed E-state index contributed by atoms with van der Waals surface area (Å²) in [4.78, 5) is 12.0. The predicted octanol–water partition coefficient (Wildman–Crippen LogP) is 3.60. The van der Waals surface area contributed by atoms with Crippen molar-refractivity contribution in [1.82, 2.24) is 5.32 Å². The third-order valence-electron chi connectivity index (χ3n) is 6.00. The van der Waals surface area contributed by atoms with E-state index < -0.39 is 30.6 Å². The van der Waals surface area contributed by atoms with Gasteiger partial charge in [0.25, 0.3) is 0 Å². The van der Waals surface area contributed by atoms with Crippen LogP contribution in [0.2, 0.25) is 0 Å². The lowest BCUT2D eigenvalue weighted by atomic mass is 9.96. The highest BCUT2D eigenvalue weighted by atomic mass is 16.7. The lowest BCUT2D eigenvalue weighted by molar-refractivity contribution is -0.277. The van der Waals surface area contributed by atoms with Crippen LogP contribution < -0.4 is 5.32 Å². The molecule has 4 rings (SSSR count). The molecule has 7 nitrogen and oxygen atoms in total. The highest BCUT2D eigenvalue weighted by molar-refractivity contribution is 5.73. The number of hydrogen-bond acceptors (Lipinski definition) is 6. The molecule has 0 saturated carbocycles. The van der Waals surface area contributed by atoms with Crippen LogP contribution >= 0.6 is 0 Å². The van der Waals surface area contributed by atoms with Crippen LogP contribution in [-0.4, -0.2) is 48.3 Å². The maximum absolute atomic E-state index is 12.0. The molecule has 5 atom stereocenters. The van der Waals surface area contributed by atoms with Crippen LogP contribution in [0.3, 0.4) is 0 Å². The molecule has 0 radical (unpaired) electrons. The Bertz CT molecular complexity index is 1050. The summed E-state index contributed by atoms with van der Waals surface area (Å²) in [5, 5.41) is 13.6. The molecule has 1 aliphatic rings. The first-order chi connectivity index (χ1) is 17.6. The van der Waals surface area contributed by atoms with Crippen molar-refractivity contribution in [2.75, 3.05) is 6.61 Å². The summed E-state index contributed by atoms with van der Waals surface area (Å²) in [5.41, 5.74) is 2.99. The summed E-state index contributed by atoms with van der Waals surface area (Å²) in [6.45, 7) is 2.58. The molecular weight excluding hydrogens is 458 g/mol. The molecule has 1 amide bonds. The number of aliphatic hydroxyl groups is 1. The van der Waals surface area contributed by atoms with Gasteiger partial charge in [-0.05, 0) is 16.7 Å². The molecule has 0 bridgehead atoms. The van der Waals surface area contributed by atoms with Crippen molar-refractivity contribution < 1.29 is 28.8 Å². The minimum atomic E-state index is -1.28. The Morgan fingerprint density at radius 1 is 0.778 bits per heavy atom. The first kappa shape index (κ1) is 26.0. The molecule has 0 aromatic heterocycles. The summed E-state index contributed by atoms with van der Waals surface area (Å²) in [6.07, 6.45) is -3.17. The second-order valence-corrected chi connectivity index (χ2v) is 8.81. The highest BCUT2D eigenvalue weighted by Crippen LogP contribution is 2.27. The Morgan fingerprint density at radius 2 is 1.25 bits per heavy atom. The number of rotatable bonds is 11. The van der Waals surface area contributed by atoms with Crippen LogP contribution in [0.25, 0.3) is 0 Å². The summed E-state index contributed by atoms with van der Waals surface area (Å²) in [5.74, 6) is -0.295. The Morgan fingerprint density at radius 3 is 1.75 bits per heavy atom. The van der Waals surface area contributed by atoms with Gasteiger partial charge in [-0.2, -0.15) is 0 Å². The third-order valence-corrected chi connectivity index (χ3v) is 6.00. The molecule has 2 unspecified atom stereocenters. The van der Waals surface area contributed by atoms with Gasteiger partial charge in [0.15, 0.2) is 6.29 Å². The van der Waals surface area contributed by atoms with E-state index >= 15 is 0 Å². The van der Waals surface area contributed by atoms with Gasteiger partial charge < -0.3 is 29.4 Å². The molecule has 0 spiro atoms. The minimum Gasteiger partial charge on any atom is -0.374 e. The number of aliphatic hydroxyl groups excluding tert-OH is 1. The maximum Gasteiger partial charge on any atom is 0.217 e. The second-order valence-electron chi connectivity index (χ2n) is 8.81. The number of carbonyl (C=O) groups excluding carboxylic acids is 1. The minimum absolute atomic E-state index is 0.184. The van der Waals surface area contributed by atoms with Crippen molar-refractivity contribution in [3.05, 3.63) is 108 Å². The predicted molar refractivity (Wildman–Crippen MR) is 135 cm³/mol. The van der Waals surface area contributed by atoms with E-state index in [-0.39, 0.29) is 19.1 Å². The van der Waals surface area contributed by atoms with Gasteiger partial charge in [-0.25, -0.2) is 0 Å². The van der Waals surface area contributed by atoms with Crippen molar-refractivity contribution in [2.45, 2.75) is 57.4 Å². The molecule has 1 aliphatic heterocycles. The van der Waals surface area contributed by atoms with Crippen molar-refractivity contribution in [3.8, 4) is 0 Å². The molecule has 7 heteroatoms. The zero-order valence-corrected chi connectivity index (χ0v) is 20.4. The third kappa shape index (κ3) is 7.46. The van der Waals surface area contributed by atoms with Gasteiger partial charge in [0, 0.05) is 6.92 Å². The zero-order chi connectivity index (χ0) is 25.2. The smallest absolute Gasteiger partial charge is 0.217 e. The molecule has 190 valence electrons. The van der Waals surface area contributed by atoms with Crippen molar-refractivity contribution in [1.29, 1.82) is 0 Å². The van der Waals surface area contributed by atoms with Crippen LogP contribution in [0.1, 0.15) is 23.6 Å². The molecule has 0 aliphatic carbocycles. The lowest BCUT2D eigenvalue weighted by Gasteiger charge is -2.44. The Balaban J connectivity index is 1.53. The first-order valence-electron chi connectivity index (χ1n) is 12.1. The standard InChI is InChI=1S/C29H33NO6/c1-21(31)30-26-28(35-19-24-15-9-4-10-16-24)27(34-18-23-13-7-3-8-14-23)25(36-29(26)32)20-33-17-22-11-5-2-6-12-22/h2-16,25-29,32H,17-20H2,1H3,(H,30,31)/t25?,26?,27-,28-,29-/m1/s1. The second kappa shape index (κ2) is 13.3. The Hall–Kier alpha value is -3.07. The number of carbonyl (C=O) groups is 1. The topological polar surface area (TPSA) is 86.3 Å². The SMILES string of the molecule is CC(=O)NC1[C@H](O)OC(COCc2ccccc2)[C@@H](OCc2ccccc2)[C@@H]1OCc1ccccc1. The van der Waals surface area contributed by atoms with Gasteiger partial charge in [-0.3, -0.25) is 4.79 Å². The van der Waals surface area contributed by atoms with E-state index in [2.05, 4.69) is 5.32 Å². The van der Waals surface area contributed by atoms with Gasteiger partial charge in [0.05, 0.1) is 26.4 Å². The Labute approximate surface area is 212 Å². The van der Waals surface area contributed by atoms with Crippen molar-refractivity contribution in [2.24, 2.45) is 0 Å². The molecular formula is C29H33NO6. The summed E-state index contributed by atoms with van der Waals surface area (Å²) >= 11 is 0. The van der Waals surface area contributed by atoms with Crippen LogP contribution in [0.5, 0.6) is 0 Å². The first-order valence-corrected chi connectivity index (χ1v) is 12.1. The molecule has 1 heterocycles. The van der Waals surface area contributed by atoms with Crippen LogP contribution in [0, 0.1) is 0 Å². The molecule has 3 aromatic rings. The Kier molecular flexibility index (Phi) is 9.61. The van der Waals surface area contributed by atoms with E-state index in [0.29, 0.717) is 13.2 Å². The fourth-order valence-electron chi connectivity index (χ4n) is 4.24. The molecule has 3 aromatic carbocycles. The van der Waals surface area contributed by atoms with E-state index in [1.165, 1.54) is 6.92 Å². The monoisotopic (exact) mass is 491 g/mol. The average Bonchev–Trinajstić information content (AvgIpc) is 2.90. The lowest BCUT2D eigenvalue weighted by Crippen LogP contribution is -2.65. The molecule has 36 heavy (non-hydrogen) atoms. The van der Waals surface area contributed by atoms with Crippen LogP contribution in [-0.2, 0) is 43.6 Å². The quantitative estimate of drug-likeness (QED) is 0.426. The number of ether oxygens (including phenoxy) is 4. The van der Waals surface area contributed by atoms with E-state index in [4.69, 9.17) is 18.9 Å². The van der Waals surface area contributed by atoms with E-state index in [1.807, 2.05) is 91.0 Å². The number of amides is 1. The normalized spacial score (nSPS) is 23.8. The zero-order valence-electron chi connectivity index (χ0n) is 20.4. The fourth-order valence-corrected chi connectivity index (χ4v) is 4.24. The van der Waals surface area contributed by atoms with Crippen LogP contribution in [0.15, 0.2) is 91.0 Å². The van der Waals surface area contributed by atoms with Gasteiger partial charge in [-0.15, -0.1) is 0 Å². The highest BCUT2D eigenvalue weighted by Gasteiger charge is 2.47. The van der Waals surface area contributed by atoms with E-state index in [9.17, 15) is 9.90 Å². The van der Waals surface area contributed by atoms with E-state index in [0.717, 1.165) is 16.7 Å². The van der Waals surface area contributed by atoms with Gasteiger partial charge in [0.2, 0.25) is 5.91 Å². The van der Waals surface area contributed by atoms with Gasteiger partial charge in [-0.1, -0.05) is 91.0 Å². The number of hydrogen-bond donors (Lipinski definition) is 2. The number of benzene rings is 3. The molecule has 1 fully saturated rings. The van der Waals surface area contributed by atoms with Crippen molar-refractivity contribution in [3.63, 3.8) is 0 Å². The largest absolute Gasteiger partial charge is 0.374 e. The van der Waals surface area contributed by atoms with Gasteiger partial charge in [0.1, 0.15) is 24.4 Å². The summed E-state index contributed by atoms with van der Waals surface area (Å²) in [7, 11) is 0.